The number of hydrogen-bond acceptors (Lipinski definition) is 2. The van der Waals surface area contributed by atoms with Crippen LogP contribution in [0.2, 0.25) is 5.02 Å². The third kappa shape index (κ3) is 7.19. The highest BCUT2D eigenvalue weighted by atomic mass is 35.5. The van der Waals surface area contributed by atoms with E-state index in [0.717, 1.165) is 16.7 Å². The van der Waals surface area contributed by atoms with Gasteiger partial charge in [0.15, 0.2) is 0 Å². The Morgan fingerprint density at radius 3 is 2.06 bits per heavy atom. The molecule has 2 amide bonds. The second-order valence-corrected chi connectivity index (χ2v) is 9.09. The Morgan fingerprint density at radius 1 is 0.848 bits per heavy atom. The summed E-state index contributed by atoms with van der Waals surface area (Å²) in [6.07, 6.45) is 0.437. The summed E-state index contributed by atoms with van der Waals surface area (Å²) in [7, 11) is 0. The molecule has 0 saturated heterocycles. The van der Waals surface area contributed by atoms with E-state index in [9.17, 15) is 9.59 Å². The predicted octanol–water partition coefficient (Wildman–Crippen LogP) is 5.56. The van der Waals surface area contributed by atoms with Crippen LogP contribution in [0.25, 0.3) is 0 Å². The van der Waals surface area contributed by atoms with Crippen molar-refractivity contribution >= 4 is 23.4 Å². The number of carbonyl (C=O) groups is 2. The summed E-state index contributed by atoms with van der Waals surface area (Å²) in [4.78, 5) is 28.5. The van der Waals surface area contributed by atoms with Crippen LogP contribution in [0.15, 0.2) is 78.9 Å². The fourth-order valence-corrected chi connectivity index (χ4v) is 3.78. The molecule has 0 aliphatic rings. The Bertz CT molecular complexity index is 1050. The van der Waals surface area contributed by atoms with Gasteiger partial charge in [-0.1, -0.05) is 97.7 Å². The first-order valence-corrected chi connectivity index (χ1v) is 11.6. The van der Waals surface area contributed by atoms with E-state index in [1.54, 1.807) is 17.0 Å². The summed E-state index contributed by atoms with van der Waals surface area (Å²) >= 11 is 6.05. The number of halogens is 1. The largest absolute Gasteiger partial charge is 0.350 e. The lowest BCUT2D eigenvalue weighted by Gasteiger charge is -2.33. The number of rotatable bonds is 9. The number of amides is 2. The van der Waals surface area contributed by atoms with Crippen LogP contribution in [0, 0.1) is 12.8 Å². The predicted molar refractivity (Wildman–Crippen MR) is 134 cm³/mol. The molecule has 0 aliphatic heterocycles. The standard InChI is InChI=1S/C28H31ClN2O2/c1-20(2)28(33)31(19-24-13-15-25(29)16-14-24)26(17-22-7-5-4-6-8-22)27(32)30-18-23-11-9-21(3)10-12-23/h4-16,20,26H,17-19H2,1-3H3,(H,30,32). The van der Waals surface area contributed by atoms with Gasteiger partial charge in [-0.25, -0.2) is 0 Å². The van der Waals surface area contributed by atoms with E-state index in [1.807, 2.05) is 87.5 Å². The molecular formula is C28H31ClN2O2. The molecule has 0 aliphatic carbocycles. The van der Waals surface area contributed by atoms with Crippen LogP contribution in [0.3, 0.4) is 0 Å². The lowest BCUT2D eigenvalue weighted by atomic mass is 10.0. The van der Waals surface area contributed by atoms with Crippen molar-refractivity contribution in [1.29, 1.82) is 0 Å². The second kappa shape index (κ2) is 11.7. The Kier molecular flexibility index (Phi) is 8.67. The number of carbonyl (C=O) groups excluding carboxylic acids is 2. The Labute approximate surface area is 201 Å². The summed E-state index contributed by atoms with van der Waals surface area (Å²) in [5.74, 6) is -0.459. The van der Waals surface area contributed by atoms with Gasteiger partial charge in [0.1, 0.15) is 6.04 Å². The maximum absolute atomic E-state index is 13.5. The summed E-state index contributed by atoms with van der Waals surface area (Å²) in [6, 6.07) is 24.6. The summed E-state index contributed by atoms with van der Waals surface area (Å²) in [6.45, 7) is 6.51. The molecule has 1 atom stereocenters. The number of nitrogens with zero attached hydrogens (tertiary/aromatic N) is 1. The van der Waals surface area contributed by atoms with Gasteiger partial charge in [0.2, 0.25) is 11.8 Å². The zero-order valence-electron chi connectivity index (χ0n) is 19.4. The van der Waals surface area contributed by atoms with Gasteiger partial charge < -0.3 is 10.2 Å². The SMILES string of the molecule is Cc1ccc(CNC(=O)C(Cc2ccccc2)N(Cc2ccc(Cl)cc2)C(=O)C(C)C)cc1. The van der Waals surface area contributed by atoms with E-state index in [0.29, 0.717) is 24.5 Å². The van der Waals surface area contributed by atoms with Crippen LogP contribution in [-0.4, -0.2) is 22.8 Å². The van der Waals surface area contributed by atoms with Crippen molar-refractivity contribution in [1.82, 2.24) is 10.2 Å². The van der Waals surface area contributed by atoms with Gasteiger partial charge in [-0.15, -0.1) is 0 Å². The lowest BCUT2D eigenvalue weighted by molar-refractivity contribution is -0.143. The first-order chi connectivity index (χ1) is 15.8. The fraction of sp³-hybridized carbons (Fsp3) is 0.286. The average Bonchev–Trinajstić information content (AvgIpc) is 2.82. The molecule has 3 aromatic carbocycles. The Balaban J connectivity index is 1.88. The van der Waals surface area contributed by atoms with Crippen molar-refractivity contribution in [2.45, 2.75) is 46.3 Å². The maximum atomic E-state index is 13.5. The van der Waals surface area contributed by atoms with Crippen molar-refractivity contribution in [3.8, 4) is 0 Å². The molecular weight excluding hydrogens is 432 g/mol. The van der Waals surface area contributed by atoms with Crippen molar-refractivity contribution in [2.75, 3.05) is 0 Å². The average molecular weight is 463 g/mol. The Hall–Kier alpha value is -3.11. The first-order valence-electron chi connectivity index (χ1n) is 11.3. The van der Waals surface area contributed by atoms with Gasteiger partial charge in [-0.2, -0.15) is 0 Å². The topological polar surface area (TPSA) is 49.4 Å². The molecule has 1 N–H and O–H groups in total. The maximum Gasteiger partial charge on any atom is 0.243 e. The molecule has 4 nitrogen and oxygen atoms in total. The van der Waals surface area contributed by atoms with Crippen LogP contribution in [0.4, 0.5) is 0 Å². The lowest BCUT2D eigenvalue weighted by Crippen LogP contribution is -2.51. The summed E-state index contributed by atoms with van der Waals surface area (Å²) < 4.78 is 0. The molecule has 33 heavy (non-hydrogen) atoms. The minimum absolute atomic E-state index is 0.0589. The third-order valence-electron chi connectivity index (χ3n) is 5.58. The molecule has 5 heteroatoms. The third-order valence-corrected chi connectivity index (χ3v) is 5.83. The van der Waals surface area contributed by atoms with Gasteiger partial charge in [0, 0.05) is 30.5 Å². The summed E-state index contributed by atoms with van der Waals surface area (Å²) in [5.41, 5.74) is 4.12. The smallest absolute Gasteiger partial charge is 0.243 e. The highest BCUT2D eigenvalue weighted by molar-refractivity contribution is 6.30. The first kappa shape index (κ1) is 24.5. The molecule has 3 rings (SSSR count). The summed E-state index contributed by atoms with van der Waals surface area (Å²) in [5, 5.41) is 3.69. The molecule has 172 valence electrons. The van der Waals surface area contributed by atoms with Crippen LogP contribution in [-0.2, 0) is 29.1 Å². The molecule has 0 aromatic heterocycles. The number of aryl methyl sites for hydroxylation is 1. The van der Waals surface area contributed by atoms with Crippen LogP contribution < -0.4 is 5.32 Å². The minimum Gasteiger partial charge on any atom is -0.350 e. The molecule has 0 heterocycles. The highest BCUT2D eigenvalue weighted by Gasteiger charge is 2.31. The zero-order chi connectivity index (χ0) is 23.8. The normalized spacial score (nSPS) is 11.8. The monoisotopic (exact) mass is 462 g/mol. The quantitative estimate of drug-likeness (QED) is 0.452. The van der Waals surface area contributed by atoms with E-state index in [-0.39, 0.29) is 17.7 Å². The van der Waals surface area contributed by atoms with Crippen molar-refractivity contribution < 1.29 is 9.59 Å². The van der Waals surface area contributed by atoms with Gasteiger partial charge in [-0.05, 0) is 35.7 Å². The van der Waals surface area contributed by atoms with Crippen molar-refractivity contribution in [2.24, 2.45) is 5.92 Å². The Morgan fingerprint density at radius 2 is 1.45 bits per heavy atom. The second-order valence-electron chi connectivity index (χ2n) is 8.66. The number of nitrogens with one attached hydrogen (secondary N) is 1. The highest BCUT2D eigenvalue weighted by Crippen LogP contribution is 2.19. The van der Waals surface area contributed by atoms with E-state index >= 15 is 0 Å². The zero-order valence-corrected chi connectivity index (χ0v) is 20.2. The number of benzene rings is 3. The van der Waals surface area contributed by atoms with E-state index < -0.39 is 6.04 Å². The molecule has 0 bridgehead atoms. The van der Waals surface area contributed by atoms with Gasteiger partial charge in [0.25, 0.3) is 0 Å². The molecule has 0 fully saturated rings. The van der Waals surface area contributed by atoms with Gasteiger partial charge >= 0.3 is 0 Å². The fourth-order valence-electron chi connectivity index (χ4n) is 3.65. The van der Waals surface area contributed by atoms with E-state index in [4.69, 9.17) is 11.6 Å². The van der Waals surface area contributed by atoms with E-state index in [1.165, 1.54) is 5.56 Å². The van der Waals surface area contributed by atoms with Crippen LogP contribution in [0.5, 0.6) is 0 Å². The van der Waals surface area contributed by atoms with Crippen LogP contribution >= 0.6 is 11.6 Å². The number of hydrogen-bond donors (Lipinski definition) is 1. The van der Waals surface area contributed by atoms with E-state index in [2.05, 4.69) is 5.32 Å². The molecule has 1 unspecified atom stereocenters. The van der Waals surface area contributed by atoms with Crippen molar-refractivity contribution in [3.63, 3.8) is 0 Å². The molecule has 0 spiro atoms. The minimum atomic E-state index is -0.636. The van der Waals surface area contributed by atoms with Gasteiger partial charge in [-0.3, -0.25) is 9.59 Å². The van der Waals surface area contributed by atoms with Crippen molar-refractivity contribution in [3.05, 3.63) is 106 Å². The molecule has 3 aromatic rings. The molecule has 0 radical (unpaired) electrons. The van der Waals surface area contributed by atoms with Crippen LogP contribution in [0.1, 0.15) is 36.1 Å². The molecule has 0 saturated carbocycles. The van der Waals surface area contributed by atoms with Gasteiger partial charge in [0.05, 0.1) is 0 Å².